The highest BCUT2D eigenvalue weighted by atomic mass is 35.5. The summed E-state index contributed by atoms with van der Waals surface area (Å²) < 4.78 is 4.72. The summed E-state index contributed by atoms with van der Waals surface area (Å²) in [4.78, 5) is 33.0. The SMILES string of the molecule is O=C(/C=C/c1ccc(Cl)c([N+](=O)[O-])c1)N[C@H]1CCOC1=O. The van der Waals surface area contributed by atoms with Gasteiger partial charge in [-0.05, 0) is 17.7 Å². The molecule has 0 aromatic heterocycles. The smallest absolute Gasteiger partial charge is 0.328 e. The Kier molecular flexibility index (Phi) is 4.54. The quantitative estimate of drug-likeness (QED) is 0.395. The molecule has 1 aromatic carbocycles. The third kappa shape index (κ3) is 3.79. The number of halogens is 1. The van der Waals surface area contributed by atoms with Crippen molar-refractivity contribution in [1.29, 1.82) is 0 Å². The number of benzene rings is 1. The second-order valence-electron chi connectivity index (χ2n) is 4.32. The van der Waals surface area contributed by atoms with Crippen LogP contribution in [0.15, 0.2) is 24.3 Å². The zero-order valence-corrected chi connectivity index (χ0v) is 11.5. The molecule has 1 fully saturated rings. The van der Waals surface area contributed by atoms with E-state index in [1.807, 2.05) is 0 Å². The first-order valence-corrected chi connectivity index (χ1v) is 6.44. The monoisotopic (exact) mass is 310 g/mol. The molecule has 0 saturated carbocycles. The lowest BCUT2D eigenvalue weighted by Crippen LogP contribution is -2.36. The van der Waals surface area contributed by atoms with Crippen LogP contribution in [0.25, 0.3) is 6.08 Å². The summed E-state index contributed by atoms with van der Waals surface area (Å²) in [6.07, 6.45) is 3.03. The molecule has 1 saturated heterocycles. The number of hydrogen-bond acceptors (Lipinski definition) is 5. The van der Waals surface area contributed by atoms with Crippen molar-refractivity contribution in [3.05, 3.63) is 45.0 Å². The summed E-state index contributed by atoms with van der Waals surface area (Å²) in [7, 11) is 0. The highest BCUT2D eigenvalue weighted by Gasteiger charge is 2.27. The molecule has 1 aliphatic rings. The number of amides is 1. The van der Waals surface area contributed by atoms with Crippen LogP contribution in [-0.2, 0) is 14.3 Å². The summed E-state index contributed by atoms with van der Waals surface area (Å²) in [6, 6.07) is 3.55. The number of esters is 1. The number of carbonyl (C=O) groups is 2. The molecule has 0 spiro atoms. The van der Waals surface area contributed by atoms with Crippen LogP contribution in [0.5, 0.6) is 0 Å². The van der Waals surface area contributed by atoms with Crippen LogP contribution in [0.2, 0.25) is 5.02 Å². The summed E-state index contributed by atoms with van der Waals surface area (Å²) in [5, 5.41) is 13.3. The Bertz CT molecular complexity index is 629. The van der Waals surface area contributed by atoms with Crippen molar-refractivity contribution < 1.29 is 19.2 Å². The zero-order chi connectivity index (χ0) is 15.4. The van der Waals surface area contributed by atoms with Gasteiger partial charge >= 0.3 is 5.97 Å². The lowest BCUT2D eigenvalue weighted by Gasteiger charge is -2.05. The molecular weight excluding hydrogens is 300 g/mol. The van der Waals surface area contributed by atoms with Crippen molar-refractivity contribution in [1.82, 2.24) is 5.32 Å². The Morgan fingerprint density at radius 3 is 2.90 bits per heavy atom. The fourth-order valence-corrected chi connectivity index (χ4v) is 1.98. The molecule has 1 aliphatic heterocycles. The van der Waals surface area contributed by atoms with E-state index < -0.39 is 22.8 Å². The molecule has 1 N–H and O–H groups in total. The summed E-state index contributed by atoms with van der Waals surface area (Å²) in [5.41, 5.74) is 0.217. The highest BCUT2D eigenvalue weighted by Crippen LogP contribution is 2.25. The molecular formula is C13H11ClN2O5. The maximum Gasteiger partial charge on any atom is 0.328 e. The largest absolute Gasteiger partial charge is 0.464 e. The van der Waals surface area contributed by atoms with Crippen LogP contribution < -0.4 is 5.32 Å². The summed E-state index contributed by atoms with van der Waals surface area (Å²) >= 11 is 5.69. The van der Waals surface area contributed by atoms with E-state index in [4.69, 9.17) is 16.3 Å². The van der Waals surface area contributed by atoms with E-state index in [9.17, 15) is 19.7 Å². The number of cyclic esters (lactones) is 1. The maximum absolute atomic E-state index is 11.6. The molecule has 21 heavy (non-hydrogen) atoms. The number of nitro benzene ring substituents is 1. The van der Waals surface area contributed by atoms with E-state index in [1.54, 1.807) is 6.07 Å². The number of nitrogens with zero attached hydrogens (tertiary/aromatic N) is 1. The predicted molar refractivity (Wildman–Crippen MR) is 74.6 cm³/mol. The van der Waals surface area contributed by atoms with Gasteiger partial charge in [-0.15, -0.1) is 0 Å². The Balaban J connectivity index is 2.03. The van der Waals surface area contributed by atoms with Gasteiger partial charge in [0.05, 0.1) is 11.5 Å². The molecule has 1 amide bonds. The molecule has 1 atom stereocenters. The molecule has 2 rings (SSSR count). The highest BCUT2D eigenvalue weighted by molar-refractivity contribution is 6.32. The van der Waals surface area contributed by atoms with Gasteiger partial charge in [0.15, 0.2) is 0 Å². The van der Waals surface area contributed by atoms with Crippen molar-refractivity contribution in [2.75, 3.05) is 6.61 Å². The minimum atomic E-state index is -0.637. The normalized spacial score (nSPS) is 17.8. The third-order valence-corrected chi connectivity index (χ3v) is 3.17. The van der Waals surface area contributed by atoms with E-state index in [-0.39, 0.29) is 17.3 Å². The van der Waals surface area contributed by atoms with Gasteiger partial charge in [-0.25, -0.2) is 4.79 Å². The van der Waals surface area contributed by atoms with E-state index in [0.717, 1.165) is 0 Å². The van der Waals surface area contributed by atoms with Crippen LogP contribution in [0.1, 0.15) is 12.0 Å². The number of nitrogens with one attached hydrogen (secondary N) is 1. The van der Waals surface area contributed by atoms with Gasteiger partial charge in [0.2, 0.25) is 5.91 Å². The van der Waals surface area contributed by atoms with Gasteiger partial charge in [-0.2, -0.15) is 0 Å². The molecule has 0 bridgehead atoms. The predicted octanol–water partition coefficient (Wildman–Crippen LogP) is 1.69. The molecule has 0 aliphatic carbocycles. The first-order chi connectivity index (χ1) is 9.97. The second kappa shape index (κ2) is 6.36. The number of ether oxygens (including phenoxy) is 1. The lowest BCUT2D eigenvalue weighted by molar-refractivity contribution is -0.384. The van der Waals surface area contributed by atoms with E-state index >= 15 is 0 Å². The van der Waals surface area contributed by atoms with E-state index in [1.165, 1.54) is 24.3 Å². The van der Waals surface area contributed by atoms with Crippen molar-refractivity contribution in [2.45, 2.75) is 12.5 Å². The second-order valence-corrected chi connectivity index (χ2v) is 4.73. The van der Waals surface area contributed by atoms with E-state index in [0.29, 0.717) is 12.0 Å². The summed E-state index contributed by atoms with van der Waals surface area (Å²) in [6.45, 7) is 0.289. The van der Waals surface area contributed by atoms with E-state index in [2.05, 4.69) is 5.32 Å². The average Bonchev–Trinajstić information content (AvgIpc) is 2.83. The fraction of sp³-hybridized carbons (Fsp3) is 0.231. The first-order valence-electron chi connectivity index (χ1n) is 6.06. The molecule has 0 radical (unpaired) electrons. The van der Waals surface area contributed by atoms with Gasteiger partial charge in [-0.1, -0.05) is 17.7 Å². The van der Waals surface area contributed by atoms with Crippen LogP contribution in [0, 0.1) is 10.1 Å². The molecule has 0 unspecified atom stereocenters. The first kappa shape index (κ1) is 15.0. The van der Waals surface area contributed by atoms with Gasteiger partial charge < -0.3 is 10.1 Å². The number of carbonyl (C=O) groups excluding carboxylic acids is 2. The Morgan fingerprint density at radius 2 is 2.29 bits per heavy atom. The van der Waals surface area contributed by atoms with Crippen LogP contribution in [0.4, 0.5) is 5.69 Å². The Morgan fingerprint density at radius 1 is 1.52 bits per heavy atom. The zero-order valence-electron chi connectivity index (χ0n) is 10.7. The van der Waals surface area contributed by atoms with Gasteiger partial charge in [-0.3, -0.25) is 14.9 Å². The van der Waals surface area contributed by atoms with Crippen molar-refractivity contribution >= 4 is 35.2 Å². The molecule has 1 aromatic rings. The summed E-state index contributed by atoms with van der Waals surface area (Å²) in [5.74, 6) is -0.935. The fourth-order valence-electron chi connectivity index (χ4n) is 1.79. The molecule has 8 heteroatoms. The van der Waals surface area contributed by atoms with Crippen LogP contribution in [0.3, 0.4) is 0 Å². The maximum atomic E-state index is 11.6. The van der Waals surface area contributed by atoms with Crippen LogP contribution >= 0.6 is 11.6 Å². The van der Waals surface area contributed by atoms with Crippen LogP contribution in [-0.4, -0.2) is 29.4 Å². The third-order valence-electron chi connectivity index (χ3n) is 2.85. The molecule has 110 valence electrons. The lowest BCUT2D eigenvalue weighted by atomic mass is 10.2. The average molecular weight is 311 g/mol. The van der Waals surface area contributed by atoms with Gasteiger partial charge in [0.1, 0.15) is 11.1 Å². The Hall–Kier alpha value is -2.41. The molecule has 7 nitrogen and oxygen atoms in total. The number of rotatable bonds is 4. The molecule has 1 heterocycles. The number of hydrogen-bond donors (Lipinski definition) is 1. The standard InChI is InChI=1S/C13H11ClN2O5/c14-9-3-1-8(7-11(9)16(19)20)2-4-12(17)15-10-5-6-21-13(10)18/h1-4,7,10H,5-6H2,(H,15,17)/b4-2+/t10-/m0/s1. The topological polar surface area (TPSA) is 98.5 Å². The van der Waals surface area contributed by atoms with Gasteiger partial charge in [0.25, 0.3) is 5.69 Å². The minimum absolute atomic E-state index is 0.0234. The van der Waals surface area contributed by atoms with Crippen molar-refractivity contribution in [3.8, 4) is 0 Å². The van der Waals surface area contributed by atoms with Crippen molar-refractivity contribution in [2.24, 2.45) is 0 Å². The van der Waals surface area contributed by atoms with Gasteiger partial charge in [0, 0.05) is 18.6 Å². The van der Waals surface area contributed by atoms with Crippen molar-refractivity contribution in [3.63, 3.8) is 0 Å². The Labute approximate surface area is 124 Å². The number of nitro groups is 1. The minimum Gasteiger partial charge on any atom is -0.464 e.